The van der Waals surface area contributed by atoms with Gasteiger partial charge in [-0.25, -0.2) is 0 Å². The second-order valence-electron chi connectivity index (χ2n) is 1.34. The molecule has 0 saturated carbocycles. The fraction of sp³-hybridized carbons (Fsp3) is 0. The van der Waals surface area contributed by atoms with Gasteiger partial charge in [0.05, 0.1) is 0 Å². The van der Waals surface area contributed by atoms with Crippen LogP contribution < -0.4 is 0 Å². The van der Waals surface area contributed by atoms with Crippen molar-refractivity contribution >= 4 is 0 Å². The van der Waals surface area contributed by atoms with Crippen LogP contribution in [0.25, 0.3) is 0 Å². The molecule has 1 nitrogen and oxygen atoms in total. The summed E-state index contributed by atoms with van der Waals surface area (Å²) < 4.78 is 0. The minimum Gasteiger partial charge on any atom is -0.508 e. The number of hydrogen-bond acceptors (Lipinski definition) is 1. The third kappa shape index (κ3) is 4.23. The van der Waals surface area contributed by atoms with Crippen LogP contribution in [0.3, 0.4) is 0 Å². The van der Waals surface area contributed by atoms with Crippen molar-refractivity contribution in [2.75, 3.05) is 0 Å². The number of para-hydroxylation sites is 1. The zero-order valence-electron chi connectivity index (χ0n) is 4.74. The zero-order valence-corrected chi connectivity index (χ0v) is 6.75. The first-order chi connectivity index (χ1) is 3.39. The van der Waals surface area contributed by atoms with Gasteiger partial charge in [0.25, 0.3) is 0 Å². The van der Waals surface area contributed by atoms with Crippen molar-refractivity contribution in [3.8, 4) is 5.75 Å². The van der Waals surface area contributed by atoms with E-state index in [1.807, 2.05) is 6.07 Å². The predicted molar refractivity (Wildman–Crippen MR) is 31.3 cm³/mol. The van der Waals surface area contributed by atoms with Crippen molar-refractivity contribution in [2.24, 2.45) is 0 Å². The number of benzene rings is 1. The van der Waals surface area contributed by atoms with Gasteiger partial charge in [-0.3, -0.25) is 0 Å². The van der Waals surface area contributed by atoms with Gasteiger partial charge in [-0.2, -0.15) is 0 Å². The van der Waals surface area contributed by atoms with Crippen LogP contribution in [0.5, 0.6) is 5.75 Å². The zero-order chi connectivity index (χ0) is 5.11. The third-order valence-corrected chi connectivity index (χ3v) is 0.756. The van der Waals surface area contributed by atoms with Crippen LogP contribution in [0.1, 0.15) is 0 Å². The Hall–Kier alpha value is -0.292. The summed E-state index contributed by atoms with van der Waals surface area (Å²) in [6.45, 7) is 0. The predicted octanol–water partition coefficient (Wildman–Crippen LogP) is 1.47. The Bertz CT molecular complexity index is 139. The Morgan fingerprint density at radius 3 is 1.67 bits per heavy atom. The summed E-state index contributed by atoms with van der Waals surface area (Å²) in [5.41, 5.74) is 0. The molecule has 0 aliphatic heterocycles. The van der Waals surface area contributed by atoms with E-state index in [2.05, 4.69) is 0 Å². The summed E-state index contributed by atoms with van der Waals surface area (Å²) >= 11 is 0. The fourth-order valence-electron chi connectivity index (χ4n) is 0.428. The molecule has 0 heterocycles. The van der Waals surface area contributed by atoms with Crippen molar-refractivity contribution in [2.45, 2.75) is 0 Å². The number of hydrogen-bond donors (Lipinski definition) is 1. The van der Waals surface area contributed by atoms with E-state index >= 15 is 0 Å². The second kappa shape index (κ2) is 5.84. The van der Waals surface area contributed by atoms with Crippen LogP contribution >= 0.6 is 0 Å². The number of phenolic OH excluding ortho intramolecular Hbond substituents is 1. The summed E-state index contributed by atoms with van der Waals surface area (Å²) in [5.74, 6) is 0.322. The smallest absolute Gasteiger partial charge is 0.115 e. The molecule has 0 bridgehead atoms. The van der Waals surface area contributed by atoms with E-state index in [0.717, 1.165) is 0 Å². The molecule has 1 aromatic rings. The minimum absolute atomic E-state index is 0. The second-order valence-corrected chi connectivity index (χ2v) is 1.34. The monoisotopic (exact) mass is 204 g/mol. The number of phenols is 1. The SMILES string of the molecule is Oc1ccccc1.[C].[Mo]. The average molecular weight is 202 g/mol. The van der Waals surface area contributed by atoms with Gasteiger partial charge in [0.15, 0.2) is 0 Å². The molecular weight excluding hydrogens is 196 g/mol. The first-order valence-corrected chi connectivity index (χ1v) is 2.13. The Balaban J connectivity index is 0. The first-order valence-electron chi connectivity index (χ1n) is 2.13. The van der Waals surface area contributed by atoms with Crippen molar-refractivity contribution in [1.82, 2.24) is 0 Å². The average Bonchev–Trinajstić information content (AvgIpc) is 1.69. The molecule has 4 radical (unpaired) electrons. The fourth-order valence-corrected chi connectivity index (χ4v) is 0.428. The van der Waals surface area contributed by atoms with Gasteiger partial charge >= 0.3 is 0 Å². The van der Waals surface area contributed by atoms with Crippen molar-refractivity contribution in [1.29, 1.82) is 0 Å². The van der Waals surface area contributed by atoms with E-state index < -0.39 is 0 Å². The van der Waals surface area contributed by atoms with Crippen LogP contribution in [0, 0.1) is 7.43 Å². The topological polar surface area (TPSA) is 20.2 Å². The van der Waals surface area contributed by atoms with Crippen LogP contribution in [0.2, 0.25) is 0 Å². The largest absolute Gasteiger partial charge is 0.508 e. The Morgan fingerprint density at radius 2 is 1.44 bits per heavy atom. The maximum absolute atomic E-state index is 8.63. The van der Waals surface area contributed by atoms with E-state index in [-0.39, 0.29) is 28.5 Å². The van der Waals surface area contributed by atoms with E-state index in [1.54, 1.807) is 24.3 Å². The van der Waals surface area contributed by atoms with Crippen LogP contribution in [0.15, 0.2) is 30.3 Å². The molecule has 0 aliphatic carbocycles. The Morgan fingerprint density at radius 1 is 1.00 bits per heavy atom. The molecule has 9 heavy (non-hydrogen) atoms. The molecule has 1 N–H and O–H groups in total. The van der Waals surface area contributed by atoms with Gasteiger partial charge in [-0.05, 0) is 12.1 Å². The molecule has 0 fully saturated rings. The molecule has 0 unspecified atom stereocenters. The van der Waals surface area contributed by atoms with Crippen LogP contribution in [0.4, 0.5) is 0 Å². The molecule has 0 amide bonds. The van der Waals surface area contributed by atoms with E-state index in [9.17, 15) is 0 Å². The van der Waals surface area contributed by atoms with E-state index in [4.69, 9.17) is 5.11 Å². The molecule has 2 heteroatoms. The summed E-state index contributed by atoms with van der Waals surface area (Å²) in [4.78, 5) is 0. The number of aromatic hydroxyl groups is 1. The molecule has 46 valence electrons. The quantitative estimate of drug-likeness (QED) is 0.631. The first kappa shape index (κ1) is 11.5. The van der Waals surface area contributed by atoms with E-state index in [0.29, 0.717) is 5.75 Å². The Kier molecular flexibility index (Phi) is 7.46. The summed E-state index contributed by atoms with van der Waals surface area (Å²) in [7, 11) is 0. The van der Waals surface area contributed by atoms with Gasteiger partial charge in [0.2, 0.25) is 0 Å². The molecule has 0 aromatic heterocycles. The molecule has 1 rings (SSSR count). The van der Waals surface area contributed by atoms with Crippen molar-refractivity contribution < 1.29 is 26.2 Å². The van der Waals surface area contributed by atoms with Gasteiger partial charge < -0.3 is 5.11 Å². The van der Waals surface area contributed by atoms with Crippen LogP contribution in [-0.2, 0) is 21.1 Å². The molecule has 0 atom stereocenters. The number of rotatable bonds is 0. The van der Waals surface area contributed by atoms with Crippen molar-refractivity contribution in [3.05, 3.63) is 37.8 Å². The minimum atomic E-state index is 0. The maximum Gasteiger partial charge on any atom is 0.115 e. The van der Waals surface area contributed by atoms with Gasteiger partial charge in [0, 0.05) is 28.5 Å². The molecule has 1 aromatic carbocycles. The standard InChI is InChI=1S/C6H6O.C.Mo/c7-6-4-2-1-3-5-6;;/h1-5,7H;;. The molecule has 0 spiro atoms. The molecule has 0 aliphatic rings. The third-order valence-electron chi connectivity index (χ3n) is 0.756. The maximum atomic E-state index is 8.63. The van der Waals surface area contributed by atoms with Crippen molar-refractivity contribution in [3.63, 3.8) is 0 Å². The van der Waals surface area contributed by atoms with Gasteiger partial charge in [-0.15, -0.1) is 0 Å². The normalized spacial score (nSPS) is 6.67. The van der Waals surface area contributed by atoms with Crippen LogP contribution in [-0.4, -0.2) is 5.11 Å². The van der Waals surface area contributed by atoms with Gasteiger partial charge in [0.1, 0.15) is 5.75 Å². The Labute approximate surface area is 70.0 Å². The summed E-state index contributed by atoms with van der Waals surface area (Å²) in [6, 6.07) is 8.71. The summed E-state index contributed by atoms with van der Waals surface area (Å²) in [6.07, 6.45) is 0. The van der Waals surface area contributed by atoms with Gasteiger partial charge in [-0.1, -0.05) is 18.2 Å². The summed E-state index contributed by atoms with van der Waals surface area (Å²) in [5, 5.41) is 8.63. The molecular formula is C7H6MoO. The van der Waals surface area contributed by atoms with E-state index in [1.165, 1.54) is 0 Å². The molecule has 0 saturated heterocycles.